The van der Waals surface area contributed by atoms with Crippen LogP contribution in [0.4, 0.5) is 15.8 Å². The van der Waals surface area contributed by atoms with Crippen molar-refractivity contribution in [1.29, 1.82) is 5.26 Å². The molecule has 27 heavy (non-hydrogen) atoms. The molecule has 3 rings (SSSR count). The largest absolute Gasteiger partial charge is 0.493 e. The number of rotatable bonds is 4. The molecule has 8 heteroatoms. The summed E-state index contributed by atoms with van der Waals surface area (Å²) in [5.41, 5.74) is -0.103. The highest BCUT2D eigenvalue weighted by molar-refractivity contribution is 5.57. The molecule has 7 nitrogen and oxygen atoms in total. The Morgan fingerprint density at radius 3 is 2.70 bits per heavy atom. The zero-order valence-electron chi connectivity index (χ0n) is 14.3. The van der Waals surface area contributed by atoms with E-state index in [1.54, 1.807) is 30.6 Å². The van der Waals surface area contributed by atoms with Crippen LogP contribution in [0.1, 0.15) is 16.7 Å². The lowest BCUT2D eigenvalue weighted by Gasteiger charge is -2.12. The molecule has 0 bridgehead atoms. The van der Waals surface area contributed by atoms with Crippen LogP contribution in [0.3, 0.4) is 0 Å². The maximum Gasteiger partial charge on any atom is 0.281 e. The molecular formula is C19H14FN5O2. The molecule has 0 aliphatic rings. The number of nitriles is 1. The van der Waals surface area contributed by atoms with Gasteiger partial charge in [0.2, 0.25) is 5.88 Å². The maximum atomic E-state index is 13.7. The average molecular weight is 363 g/mol. The number of aromatic nitrogens is 2. The first kappa shape index (κ1) is 17.9. The zero-order valence-corrected chi connectivity index (χ0v) is 14.3. The molecule has 134 valence electrons. The first-order valence-electron chi connectivity index (χ1n) is 7.94. The van der Waals surface area contributed by atoms with E-state index in [9.17, 15) is 19.6 Å². The summed E-state index contributed by atoms with van der Waals surface area (Å²) in [5, 5.41) is 27.4. The average Bonchev–Trinajstić information content (AvgIpc) is 2.67. The van der Waals surface area contributed by atoms with E-state index in [2.05, 4.69) is 15.2 Å². The third-order valence-corrected chi connectivity index (χ3v) is 3.94. The Morgan fingerprint density at radius 2 is 2.04 bits per heavy atom. The van der Waals surface area contributed by atoms with Crippen LogP contribution in [0.2, 0.25) is 0 Å². The van der Waals surface area contributed by atoms with E-state index in [-0.39, 0.29) is 29.0 Å². The minimum Gasteiger partial charge on any atom is -0.493 e. The fourth-order valence-electron chi connectivity index (χ4n) is 2.51. The van der Waals surface area contributed by atoms with Gasteiger partial charge in [-0.05, 0) is 30.7 Å². The Labute approximate surface area is 153 Å². The molecule has 2 heterocycles. The number of halogens is 1. The van der Waals surface area contributed by atoms with E-state index in [0.717, 1.165) is 4.57 Å². The van der Waals surface area contributed by atoms with Gasteiger partial charge >= 0.3 is 0 Å². The topological polar surface area (TPSA) is 104 Å². The molecule has 0 saturated heterocycles. The van der Waals surface area contributed by atoms with Crippen molar-refractivity contribution < 1.29 is 9.50 Å². The van der Waals surface area contributed by atoms with Gasteiger partial charge in [0, 0.05) is 18.0 Å². The molecule has 3 aromatic rings. The van der Waals surface area contributed by atoms with Crippen molar-refractivity contribution in [2.45, 2.75) is 13.5 Å². The monoisotopic (exact) mass is 363 g/mol. The maximum absolute atomic E-state index is 13.7. The second-order valence-corrected chi connectivity index (χ2v) is 5.69. The molecule has 1 N–H and O–H groups in total. The fraction of sp³-hybridized carbons (Fsp3) is 0.105. The predicted octanol–water partition coefficient (Wildman–Crippen LogP) is 3.73. The van der Waals surface area contributed by atoms with Crippen molar-refractivity contribution in [3.8, 4) is 11.9 Å². The SMILES string of the molecule is Cc1c(C#N)c(O)n(Cc2cccnc2)c(=O)c1N=Nc1ccccc1F. The highest BCUT2D eigenvalue weighted by Crippen LogP contribution is 2.27. The molecule has 0 aliphatic carbocycles. The number of azo groups is 1. The summed E-state index contributed by atoms with van der Waals surface area (Å²) in [6.07, 6.45) is 3.12. The molecule has 0 amide bonds. The first-order chi connectivity index (χ1) is 13.0. The Bertz CT molecular complexity index is 1120. The van der Waals surface area contributed by atoms with Crippen molar-refractivity contribution in [3.63, 3.8) is 0 Å². The van der Waals surface area contributed by atoms with E-state index >= 15 is 0 Å². The number of pyridine rings is 2. The van der Waals surface area contributed by atoms with Gasteiger partial charge in [0.25, 0.3) is 5.56 Å². The highest BCUT2D eigenvalue weighted by Gasteiger charge is 2.19. The molecule has 0 unspecified atom stereocenters. The summed E-state index contributed by atoms with van der Waals surface area (Å²) in [5.74, 6) is -1.05. The van der Waals surface area contributed by atoms with Crippen LogP contribution < -0.4 is 5.56 Å². The molecule has 1 aromatic carbocycles. The van der Waals surface area contributed by atoms with Crippen molar-refractivity contribution >= 4 is 11.4 Å². The van der Waals surface area contributed by atoms with E-state index in [4.69, 9.17) is 0 Å². The van der Waals surface area contributed by atoms with Gasteiger partial charge in [-0.2, -0.15) is 5.26 Å². The normalized spacial score (nSPS) is 10.9. The van der Waals surface area contributed by atoms with Crippen LogP contribution in [0.25, 0.3) is 0 Å². The third-order valence-electron chi connectivity index (χ3n) is 3.94. The van der Waals surface area contributed by atoms with Crippen LogP contribution in [-0.4, -0.2) is 14.7 Å². The van der Waals surface area contributed by atoms with E-state index in [1.807, 2.05) is 6.07 Å². The molecule has 0 fully saturated rings. The Kier molecular flexibility index (Phi) is 5.04. The lowest BCUT2D eigenvalue weighted by molar-refractivity contribution is 0.412. The van der Waals surface area contributed by atoms with Gasteiger partial charge < -0.3 is 5.11 Å². The number of hydrogen-bond acceptors (Lipinski definition) is 6. The Hall–Kier alpha value is -3.86. The Balaban J connectivity index is 2.14. The van der Waals surface area contributed by atoms with Gasteiger partial charge in [-0.3, -0.25) is 14.3 Å². The quantitative estimate of drug-likeness (QED) is 0.713. The fourth-order valence-corrected chi connectivity index (χ4v) is 2.51. The molecule has 2 aromatic heterocycles. The van der Waals surface area contributed by atoms with Crippen molar-refractivity contribution in [2.24, 2.45) is 10.2 Å². The number of hydrogen-bond donors (Lipinski definition) is 1. The minimum atomic E-state index is -0.645. The number of nitrogens with zero attached hydrogens (tertiary/aromatic N) is 5. The number of aromatic hydroxyl groups is 1. The Morgan fingerprint density at radius 1 is 1.26 bits per heavy atom. The standard InChI is InChI=1S/C19H14FN5O2/c1-12-14(9-21)18(26)25(11-13-5-4-8-22-10-13)19(27)17(12)24-23-16-7-3-2-6-15(16)20/h2-8,10,26H,11H2,1H3. The first-order valence-corrected chi connectivity index (χ1v) is 7.94. The van der Waals surface area contributed by atoms with Crippen LogP contribution in [-0.2, 0) is 6.54 Å². The van der Waals surface area contributed by atoms with Gasteiger partial charge in [-0.25, -0.2) is 4.39 Å². The lowest BCUT2D eigenvalue weighted by Crippen LogP contribution is -2.22. The molecular weight excluding hydrogens is 349 g/mol. The second kappa shape index (κ2) is 7.58. The van der Waals surface area contributed by atoms with E-state index in [1.165, 1.54) is 25.1 Å². The predicted molar refractivity (Wildman–Crippen MR) is 95.7 cm³/mol. The van der Waals surface area contributed by atoms with Gasteiger partial charge in [0.05, 0.1) is 6.54 Å². The zero-order chi connectivity index (χ0) is 19.4. The summed E-state index contributed by atoms with van der Waals surface area (Å²) < 4.78 is 14.7. The summed E-state index contributed by atoms with van der Waals surface area (Å²) in [6, 6.07) is 11.0. The van der Waals surface area contributed by atoms with E-state index < -0.39 is 17.3 Å². The summed E-state index contributed by atoms with van der Waals surface area (Å²) in [4.78, 5) is 16.8. The summed E-state index contributed by atoms with van der Waals surface area (Å²) >= 11 is 0. The van der Waals surface area contributed by atoms with Crippen LogP contribution in [0.15, 0.2) is 63.8 Å². The van der Waals surface area contributed by atoms with Crippen LogP contribution >= 0.6 is 0 Å². The van der Waals surface area contributed by atoms with Crippen LogP contribution in [0.5, 0.6) is 5.88 Å². The molecule has 0 radical (unpaired) electrons. The van der Waals surface area contributed by atoms with Crippen LogP contribution in [0, 0.1) is 24.1 Å². The van der Waals surface area contributed by atoms with Crippen molar-refractivity contribution in [1.82, 2.24) is 9.55 Å². The van der Waals surface area contributed by atoms with Gasteiger partial charge in [0.15, 0.2) is 11.5 Å². The summed E-state index contributed by atoms with van der Waals surface area (Å²) in [6.45, 7) is 1.47. The van der Waals surface area contributed by atoms with Gasteiger partial charge in [-0.1, -0.05) is 18.2 Å². The van der Waals surface area contributed by atoms with Gasteiger partial charge in [-0.15, -0.1) is 10.2 Å². The summed E-state index contributed by atoms with van der Waals surface area (Å²) in [7, 11) is 0. The minimum absolute atomic E-state index is 0.00428. The lowest BCUT2D eigenvalue weighted by atomic mass is 10.1. The molecule has 0 spiro atoms. The second-order valence-electron chi connectivity index (χ2n) is 5.69. The molecule has 0 saturated carbocycles. The van der Waals surface area contributed by atoms with Crippen molar-refractivity contribution in [3.05, 3.63) is 81.7 Å². The van der Waals surface area contributed by atoms with E-state index in [0.29, 0.717) is 5.56 Å². The molecule has 0 aliphatic heterocycles. The smallest absolute Gasteiger partial charge is 0.281 e. The molecule has 0 atom stereocenters. The number of benzene rings is 1. The highest BCUT2D eigenvalue weighted by atomic mass is 19.1. The third kappa shape index (κ3) is 3.57. The van der Waals surface area contributed by atoms with Gasteiger partial charge in [0.1, 0.15) is 17.3 Å². The van der Waals surface area contributed by atoms with Crippen molar-refractivity contribution in [2.75, 3.05) is 0 Å².